The highest BCUT2D eigenvalue weighted by atomic mass is 32.2. The van der Waals surface area contributed by atoms with Crippen LogP contribution in [0.3, 0.4) is 0 Å². The van der Waals surface area contributed by atoms with Crippen LogP contribution in [0.4, 0.5) is 4.39 Å². The predicted octanol–water partition coefficient (Wildman–Crippen LogP) is 3.17. The molecule has 3 rings (SSSR count). The van der Waals surface area contributed by atoms with Crippen LogP contribution in [-0.4, -0.2) is 19.8 Å². The number of hydrogen-bond acceptors (Lipinski definition) is 5. The number of nitrogens with two attached hydrogens (primary N) is 1. The van der Waals surface area contributed by atoms with E-state index in [1.54, 1.807) is 6.92 Å². The summed E-state index contributed by atoms with van der Waals surface area (Å²) in [7, 11) is -3.82. The minimum Gasteiger partial charge on any atom is -0.478 e. The number of primary sulfonamides is 1. The average Bonchev–Trinajstić information content (AvgIpc) is 3.09. The highest BCUT2D eigenvalue weighted by molar-refractivity contribution is 7.89. The van der Waals surface area contributed by atoms with E-state index in [9.17, 15) is 17.6 Å². The lowest BCUT2D eigenvalue weighted by Gasteiger charge is -2.21. The molecule has 0 radical (unpaired) electrons. The van der Waals surface area contributed by atoms with Crippen LogP contribution in [0.25, 0.3) is 11.3 Å². The Kier molecular flexibility index (Phi) is 4.30. The quantitative estimate of drug-likeness (QED) is 0.881. The monoisotopic (exact) mass is 381 g/mol. The summed E-state index contributed by atoms with van der Waals surface area (Å²) in [6.45, 7) is 3.52. The fourth-order valence-electron chi connectivity index (χ4n) is 2.59. The molecule has 25 heavy (non-hydrogen) atoms. The highest BCUT2D eigenvalue weighted by Crippen LogP contribution is 2.44. The first kappa shape index (κ1) is 17.8. The molecule has 8 heteroatoms. The molecule has 5 nitrogen and oxygen atoms in total. The Bertz CT molecular complexity index is 976. The molecule has 1 aliphatic rings. The first-order valence-corrected chi connectivity index (χ1v) is 9.94. The van der Waals surface area contributed by atoms with Gasteiger partial charge in [-0.05, 0) is 43.7 Å². The second kappa shape index (κ2) is 6.05. The number of Topliss-reactive ketones (excluding diaryl/α,β-unsaturated/α-hetero) is 1. The Hall–Kier alpha value is -2.03. The van der Waals surface area contributed by atoms with Crippen molar-refractivity contribution in [3.8, 4) is 0 Å². The number of carbonyl (C=O) groups excluding carboxylic acids is 1. The van der Waals surface area contributed by atoms with E-state index >= 15 is 0 Å². The van der Waals surface area contributed by atoms with Crippen LogP contribution in [0.1, 0.15) is 30.7 Å². The summed E-state index contributed by atoms with van der Waals surface area (Å²) in [5.74, 6) is -0.325. The van der Waals surface area contributed by atoms with Gasteiger partial charge >= 0.3 is 0 Å². The van der Waals surface area contributed by atoms with E-state index in [1.807, 2.05) is 6.92 Å². The number of thiophene rings is 1. The number of halogens is 1. The lowest BCUT2D eigenvalue weighted by molar-refractivity contribution is -0.126. The van der Waals surface area contributed by atoms with E-state index in [2.05, 4.69) is 0 Å². The molecule has 1 aromatic carbocycles. The standard InChI is InChI=1S/C17H16FNO4S2/c1-3-17(2)16(20)14(13-8-11(18)9-24-13)15(23-17)10-4-6-12(7-5-10)25(19,21)22/h4-9H,3H2,1-2H3,(H2,19,21,22). The SMILES string of the molecule is CCC1(C)OC(c2ccc(S(N)(=O)=O)cc2)=C(c2cc(F)cs2)C1=O. The number of hydrogen-bond donors (Lipinski definition) is 1. The molecule has 132 valence electrons. The van der Waals surface area contributed by atoms with Crippen LogP contribution in [-0.2, 0) is 19.6 Å². The van der Waals surface area contributed by atoms with Gasteiger partial charge in [-0.15, -0.1) is 11.3 Å². The molecule has 0 saturated heterocycles. The first-order chi connectivity index (χ1) is 11.7. The Balaban J connectivity index is 2.15. The number of ether oxygens (including phenoxy) is 1. The maximum atomic E-state index is 13.5. The molecule has 0 aliphatic carbocycles. The summed E-state index contributed by atoms with van der Waals surface area (Å²) in [6, 6.07) is 7.03. The molecule has 0 fully saturated rings. The van der Waals surface area contributed by atoms with Gasteiger partial charge in [0, 0.05) is 15.8 Å². The van der Waals surface area contributed by atoms with Crippen LogP contribution >= 0.6 is 11.3 Å². The van der Waals surface area contributed by atoms with Crippen molar-refractivity contribution in [3.05, 3.63) is 52.0 Å². The summed E-state index contributed by atoms with van der Waals surface area (Å²) in [5.41, 5.74) is -0.202. The van der Waals surface area contributed by atoms with Crippen molar-refractivity contribution in [2.75, 3.05) is 0 Å². The number of carbonyl (C=O) groups is 1. The smallest absolute Gasteiger partial charge is 0.238 e. The second-order valence-corrected chi connectivity index (χ2v) is 8.39. The van der Waals surface area contributed by atoms with Gasteiger partial charge in [0.1, 0.15) is 11.6 Å². The van der Waals surface area contributed by atoms with Gasteiger partial charge in [-0.3, -0.25) is 4.79 Å². The summed E-state index contributed by atoms with van der Waals surface area (Å²) in [6.07, 6.45) is 0.446. The number of ketones is 1. The molecule has 0 bridgehead atoms. The molecule has 1 aliphatic heterocycles. The molecule has 1 atom stereocenters. The van der Waals surface area contributed by atoms with E-state index < -0.39 is 21.4 Å². The maximum Gasteiger partial charge on any atom is 0.238 e. The van der Waals surface area contributed by atoms with Gasteiger partial charge in [0.05, 0.1) is 10.5 Å². The van der Waals surface area contributed by atoms with E-state index in [4.69, 9.17) is 9.88 Å². The summed E-state index contributed by atoms with van der Waals surface area (Å²) >= 11 is 1.12. The molecular formula is C17H16FNO4S2. The molecule has 0 spiro atoms. The number of benzene rings is 1. The minimum absolute atomic E-state index is 0.0388. The molecule has 2 heterocycles. The average molecular weight is 381 g/mol. The lowest BCUT2D eigenvalue weighted by Crippen LogP contribution is -2.32. The Morgan fingerprint density at radius 1 is 1.28 bits per heavy atom. The van der Waals surface area contributed by atoms with Crippen molar-refractivity contribution < 1.29 is 22.3 Å². The van der Waals surface area contributed by atoms with Gasteiger partial charge < -0.3 is 4.74 Å². The van der Waals surface area contributed by atoms with E-state index in [1.165, 1.54) is 35.7 Å². The number of sulfonamides is 1. The van der Waals surface area contributed by atoms with Crippen LogP contribution < -0.4 is 5.14 Å². The van der Waals surface area contributed by atoms with E-state index in [0.717, 1.165) is 11.3 Å². The number of rotatable bonds is 4. The Labute approximate surface area is 149 Å². The van der Waals surface area contributed by atoms with E-state index in [-0.39, 0.29) is 10.7 Å². The van der Waals surface area contributed by atoms with Crippen LogP contribution in [0.15, 0.2) is 40.6 Å². The molecule has 1 unspecified atom stereocenters. The van der Waals surface area contributed by atoms with Gasteiger partial charge in [0.2, 0.25) is 15.8 Å². The third-order valence-electron chi connectivity index (χ3n) is 4.20. The Morgan fingerprint density at radius 2 is 1.92 bits per heavy atom. The van der Waals surface area contributed by atoms with Crippen molar-refractivity contribution >= 4 is 38.5 Å². The summed E-state index contributed by atoms with van der Waals surface area (Å²) in [4.78, 5) is 13.3. The normalized spacial score (nSPS) is 20.9. The molecule has 1 aromatic heterocycles. The predicted molar refractivity (Wildman–Crippen MR) is 93.7 cm³/mol. The van der Waals surface area contributed by atoms with Crippen molar-refractivity contribution in [1.82, 2.24) is 0 Å². The van der Waals surface area contributed by atoms with Crippen LogP contribution in [0, 0.1) is 5.82 Å². The first-order valence-electron chi connectivity index (χ1n) is 7.51. The molecule has 2 aromatic rings. The largest absolute Gasteiger partial charge is 0.478 e. The van der Waals surface area contributed by atoms with Crippen LogP contribution in [0.2, 0.25) is 0 Å². The van der Waals surface area contributed by atoms with Gasteiger partial charge in [-0.2, -0.15) is 0 Å². The highest BCUT2D eigenvalue weighted by Gasteiger charge is 2.45. The summed E-state index contributed by atoms with van der Waals surface area (Å²) in [5, 5.41) is 6.42. The minimum atomic E-state index is -3.82. The van der Waals surface area contributed by atoms with Crippen molar-refractivity contribution in [2.45, 2.75) is 30.8 Å². The molecule has 2 N–H and O–H groups in total. The van der Waals surface area contributed by atoms with Crippen molar-refractivity contribution in [3.63, 3.8) is 0 Å². The third kappa shape index (κ3) is 3.12. The topological polar surface area (TPSA) is 86.5 Å². The van der Waals surface area contributed by atoms with Crippen LogP contribution in [0.5, 0.6) is 0 Å². The Morgan fingerprint density at radius 3 is 2.40 bits per heavy atom. The maximum absolute atomic E-state index is 13.5. The van der Waals surface area contributed by atoms with Crippen molar-refractivity contribution in [2.24, 2.45) is 5.14 Å². The third-order valence-corrected chi connectivity index (χ3v) is 6.04. The molecule has 0 amide bonds. The van der Waals surface area contributed by atoms with Crippen molar-refractivity contribution in [1.29, 1.82) is 0 Å². The molecular weight excluding hydrogens is 365 g/mol. The zero-order chi connectivity index (χ0) is 18.4. The van der Waals surface area contributed by atoms with Gasteiger partial charge in [-0.25, -0.2) is 17.9 Å². The van der Waals surface area contributed by atoms with E-state index in [0.29, 0.717) is 28.2 Å². The second-order valence-electron chi connectivity index (χ2n) is 5.92. The zero-order valence-corrected chi connectivity index (χ0v) is 15.2. The zero-order valence-electron chi connectivity index (χ0n) is 13.6. The molecule has 0 saturated carbocycles. The van der Waals surface area contributed by atoms with Gasteiger partial charge in [0.15, 0.2) is 5.60 Å². The fourth-order valence-corrected chi connectivity index (χ4v) is 3.90. The van der Waals surface area contributed by atoms with Gasteiger partial charge in [0.25, 0.3) is 0 Å². The summed E-state index contributed by atoms with van der Waals surface area (Å²) < 4.78 is 42.2. The van der Waals surface area contributed by atoms with Gasteiger partial charge in [-0.1, -0.05) is 6.92 Å². The lowest BCUT2D eigenvalue weighted by atomic mass is 9.93. The fraction of sp³-hybridized carbons (Fsp3) is 0.235.